The molecule has 2 saturated heterocycles. The summed E-state index contributed by atoms with van der Waals surface area (Å²) < 4.78 is 11.4. The predicted molar refractivity (Wildman–Crippen MR) is 75.4 cm³/mol. The number of nitrogens with zero attached hydrogens (tertiary/aromatic N) is 1. The van der Waals surface area contributed by atoms with Crippen LogP contribution in [0.1, 0.15) is 28.8 Å². The van der Waals surface area contributed by atoms with E-state index in [4.69, 9.17) is 15.2 Å². The standard InChI is InChI=1S/C15H20N2O3/c1-11-12(4-2-5-13(11)16)14(18)17-7-3-6-15(10-17)19-8-9-20-15/h2,4-5H,3,6-10,16H2,1H3. The van der Waals surface area contributed by atoms with Crippen LogP contribution in [0.4, 0.5) is 5.69 Å². The van der Waals surface area contributed by atoms with Crippen molar-refractivity contribution in [3.63, 3.8) is 0 Å². The second-order valence-corrected chi connectivity index (χ2v) is 5.46. The maximum atomic E-state index is 12.7. The summed E-state index contributed by atoms with van der Waals surface area (Å²) in [5, 5.41) is 0. The summed E-state index contributed by atoms with van der Waals surface area (Å²) >= 11 is 0. The van der Waals surface area contributed by atoms with E-state index in [0.717, 1.165) is 24.9 Å². The van der Waals surface area contributed by atoms with Gasteiger partial charge < -0.3 is 20.1 Å². The molecule has 108 valence electrons. The molecule has 1 spiro atoms. The average molecular weight is 276 g/mol. The zero-order chi connectivity index (χ0) is 14.2. The first kappa shape index (κ1) is 13.4. The van der Waals surface area contributed by atoms with E-state index in [1.807, 2.05) is 30.0 Å². The molecule has 0 unspecified atom stereocenters. The number of carbonyl (C=O) groups excluding carboxylic acids is 1. The molecule has 0 saturated carbocycles. The van der Waals surface area contributed by atoms with Crippen molar-refractivity contribution in [2.75, 3.05) is 32.0 Å². The number of benzene rings is 1. The molecule has 1 amide bonds. The van der Waals surface area contributed by atoms with Crippen LogP contribution in [0.15, 0.2) is 18.2 Å². The summed E-state index contributed by atoms with van der Waals surface area (Å²) in [6.45, 7) is 4.34. The Hall–Kier alpha value is -1.59. The molecular formula is C15H20N2O3. The smallest absolute Gasteiger partial charge is 0.254 e. The molecule has 20 heavy (non-hydrogen) atoms. The zero-order valence-corrected chi connectivity index (χ0v) is 11.7. The van der Waals surface area contributed by atoms with Gasteiger partial charge in [-0.25, -0.2) is 0 Å². The van der Waals surface area contributed by atoms with Crippen LogP contribution < -0.4 is 5.73 Å². The van der Waals surface area contributed by atoms with Gasteiger partial charge >= 0.3 is 0 Å². The fourth-order valence-electron chi connectivity index (χ4n) is 2.95. The Labute approximate surface area is 118 Å². The molecule has 2 fully saturated rings. The topological polar surface area (TPSA) is 64.8 Å². The van der Waals surface area contributed by atoms with Crippen LogP contribution in [0.5, 0.6) is 0 Å². The normalized spacial score (nSPS) is 21.4. The Kier molecular flexibility index (Phi) is 3.40. The third kappa shape index (κ3) is 2.27. The molecule has 5 heteroatoms. The number of amides is 1. The Balaban J connectivity index is 1.81. The van der Waals surface area contributed by atoms with Crippen LogP contribution in [0.2, 0.25) is 0 Å². The Morgan fingerprint density at radius 2 is 2.10 bits per heavy atom. The molecule has 2 aliphatic heterocycles. The van der Waals surface area contributed by atoms with Crippen LogP contribution >= 0.6 is 0 Å². The number of rotatable bonds is 1. The maximum absolute atomic E-state index is 12.7. The lowest BCUT2D eigenvalue weighted by Gasteiger charge is -2.38. The van der Waals surface area contributed by atoms with Crippen LogP contribution in [0.25, 0.3) is 0 Å². The monoisotopic (exact) mass is 276 g/mol. The van der Waals surface area contributed by atoms with Crippen molar-refractivity contribution in [2.45, 2.75) is 25.6 Å². The summed E-state index contributed by atoms with van der Waals surface area (Å²) in [5.41, 5.74) is 8.04. The fraction of sp³-hybridized carbons (Fsp3) is 0.533. The maximum Gasteiger partial charge on any atom is 0.254 e. The molecule has 0 bridgehead atoms. The second kappa shape index (κ2) is 5.07. The molecule has 3 rings (SSSR count). The molecule has 0 aromatic heterocycles. The number of hydrogen-bond donors (Lipinski definition) is 1. The van der Waals surface area contributed by atoms with Crippen molar-refractivity contribution < 1.29 is 14.3 Å². The van der Waals surface area contributed by atoms with Crippen LogP contribution in [0.3, 0.4) is 0 Å². The second-order valence-electron chi connectivity index (χ2n) is 5.46. The van der Waals surface area contributed by atoms with E-state index < -0.39 is 5.79 Å². The van der Waals surface area contributed by atoms with Gasteiger partial charge in [-0.05, 0) is 31.0 Å². The quantitative estimate of drug-likeness (QED) is 0.791. The summed E-state index contributed by atoms with van der Waals surface area (Å²) in [4.78, 5) is 14.5. The molecule has 0 atom stereocenters. The lowest BCUT2D eigenvalue weighted by molar-refractivity contribution is -0.183. The number of carbonyl (C=O) groups is 1. The highest BCUT2D eigenvalue weighted by Gasteiger charge is 2.42. The zero-order valence-electron chi connectivity index (χ0n) is 11.7. The minimum absolute atomic E-state index is 0.00738. The Morgan fingerprint density at radius 3 is 2.85 bits per heavy atom. The van der Waals surface area contributed by atoms with Gasteiger partial charge in [0.2, 0.25) is 0 Å². The summed E-state index contributed by atoms with van der Waals surface area (Å²) in [6, 6.07) is 5.45. The number of piperidine rings is 1. The number of anilines is 1. The van der Waals surface area contributed by atoms with Crippen molar-refractivity contribution in [2.24, 2.45) is 0 Å². The number of ether oxygens (including phenoxy) is 2. The van der Waals surface area contributed by atoms with E-state index >= 15 is 0 Å². The van der Waals surface area contributed by atoms with Crippen molar-refractivity contribution in [3.8, 4) is 0 Å². The minimum atomic E-state index is -0.581. The highest BCUT2D eigenvalue weighted by atomic mass is 16.7. The van der Waals surface area contributed by atoms with Gasteiger partial charge in [-0.3, -0.25) is 4.79 Å². The van der Waals surface area contributed by atoms with Crippen molar-refractivity contribution >= 4 is 11.6 Å². The summed E-state index contributed by atoms with van der Waals surface area (Å²) in [5.74, 6) is -0.574. The number of nitrogen functional groups attached to an aromatic ring is 1. The van der Waals surface area contributed by atoms with Gasteiger partial charge in [0.05, 0.1) is 19.8 Å². The largest absolute Gasteiger partial charge is 0.398 e. The van der Waals surface area contributed by atoms with Gasteiger partial charge in [0.1, 0.15) is 0 Å². The van der Waals surface area contributed by atoms with E-state index in [9.17, 15) is 4.79 Å². The lowest BCUT2D eigenvalue weighted by atomic mass is 10.0. The average Bonchev–Trinajstić information content (AvgIpc) is 2.89. The number of hydrogen-bond acceptors (Lipinski definition) is 4. The van der Waals surface area contributed by atoms with Gasteiger partial charge in [-0.2, -0.15) is 0 Å². The molecule has 2 heterocycles. The van der Waals surface area contributed by atoms with E-state index in [0.29, 0.717) is 31.0 Å². The first-order valence-corrected chi connectivity index (χ1v) is 7.04. The van der Waals surface area contributed by atoms with E-state index in [1.165, 1.54) is 0 Å². The van der Waals surface area contributed by atoms with Gasteiger partial charge in [-0.15, -0.1) is 0 Å². The molecule has 0 radical (unpaired) electrons. The number of likely N-dealkylation sites (tertiary alicyclic amines) is 1. The third-order valence-corrected chi connectivity index (χ3v) is 4.12. The van der Waals surface area contributed by atoms with Crippen molar-refractivity contribution in [1.82, 2.24) is 4.90 Å². The third-order valence-electron chi connectivity index (χ3n) is 4.12. The van der Waals surface area contributed by atoms with Crippen molar-refractivity contribution in [3.05, 3.63) is 29.3 Å². The van der Waals surface area contributed by atoms with E-state index in [-0.39, 0.29) is 5.91 Å². The molecule has 1 aromatic carbocycles. The first-order valence-electron chi connectivity index (χ1n) is 7.04. The lowest BCUT2D eigenvalue weighted by Crippen LogP contribution is -2.51. The highest BCUT2D eigenvalue weighted by molar-refractivity contribution is 5.97. The van der Waals surface area contributed by atoms with Crippen LogP contribution in [-0.2, 0) is 9.47 Å². The Bertz CT molecular complexity index is 524. The summed E-state index contributed by atoms with van der Waals surface area (Å²) in [7, 11) is 0. The van der Waals surface area contributed by atoms with Crippen LogP contribution in [-0.4, -0.2) is 42.9 Å². The van der Waals surface area contributed by atoms with E-state index in [2.05, 4.69) is 0 Å². The SMILES string of the molecule is Cc1c(N)cccc1C(=O)N1CCCC2(C1)OCCO2. The van der Waals surface area contributed by atoms with Gasteiger partial charge in [0.15, 0.2) is 5.79 Å². The Morgan fingerprint density at radius 1 is 1.35 bits per heavy atom. The highest BCUT2D eigenvalue weighted by Crippen LogP contribution is 2.31. The van der Waals surface area contributed by atoms with Gasteiger partial charge in [0, 0.05) is 24.2 Å². The predicted octanol–water partition coefficient (Wildman–Crippen LogP) is 1.56. The summed E-state index contributed by atoms with van der Waals surface area (Å²) in [6.07, 6.45) is 1.75. The van der Waals surface area contributed by atoms with E-state index in [1.54, 1.807) is 0 Å². The molecule has 0 aliphatic carbocycles. The molecule has 2 aliphatic rings. The van der Waals surface area contributed by atoms with Gasteiger partial charge in [0.25, 0.3) is 5.91 Å². The van der Waals surface area contributed by atoms with Gasteiger partial charge in [-0.1, -0.05) is 6.07 Å². The fourth-order valence-corrected chi connectivity index (χ4v) is 2.95. The number of nitrogens with two attached hydrogens (primary N) is 1. The first-order chi connectivity index (χ1) is 9.61. The minimum Gasteiger partial charge on any atom is -0.398 e. The molecule has 5 nitrogen and oxygen atoms in total. The van der Waals surface area contributed by atoms with Crippen LogP contribution in [0, 0.1) is 6.92 Å². The molecular weight excluding hydrogens is 256 g/mol. The molecule has 2 N–H and O–H groups in total. The van der Waals surface area contributed by atoms with Crippen molar-refractivity contribution in [1.29, 1.82) is 0 Å². The molecule has 1 aromatic rings.